The zero-order valence-corrected chi connectivity index (χ0v) is 15.2. The number of esters is 2. The van der Waals surface area contributed by atoms with Gasteiger partial charge in [-0.1, -0.05) is 58.3 Å². The molecule has 0 saturated heterocycles. The van der Waals surface area contributed by atoms with Crippen LogP contribution in [0.4, 0.5) is 0 Å². The third kappa shape index (κ3) is 16.0. The largest absolute Gasteiger partial charge is 1.00 e. The molecule has 0 aromatic heterocycles. The first-order chi connectivity index (χ1) is 11.0. The van der Waals surface area contributed by atoms with Gasteiger partial charge in [-0.3, -0.25) is 9.59 Å². The standard InChI is InChI=1S/C17H31NO5.Li/c1-2-3-4-5-6-7-8-9-10-11-15(19)23-16(20)13-12-14(18)17(21)22;/h14H,2-13,18H2,1H3,(H,21,22);/q;+1/p-1/t14-;/m0./s1. The normalized spacial score (nSPS) is 11.4. The molecule has 0 rings (SSSR count). The summed E-state index contributed by atoms with van der Waals surface area (Å²) in [6.45, 7) is 2.20. The van der Waals surface area contributed by atoms with Crippen molar-refractivity contribution < 1.29 is 43.1 Å². The third-order valence-corrected chi connectivity index (χ3v) is 3.67. The number of hydrogen-bond acceptors (Lipinski definition) is 6. The monoisotopic (exact) mass is 335 g/mol. The van der Waals surface area contributed by atoms with Crippen LogP contribution in [0.3, 0.4) is 0 Å². The first-order valence-electron chi connectivity index (χ1n) is 8.67. The predicted molar refractivity (Wildman–Crippen MR) is 85.2 cm³/mol. The van der Waals surface area contributed by atoms with E-state index >= 15 is 0 Å². The van der Waals surface area contributed by atoms with E-state index in [1.165, 1.54) is 38.5 Å². The minimum atomic E-state index is -1.42. The molecule has 0 radical (unpaired) electrons. The van der Waals surface area contributed by atoms with Gasteiger partial charge in [0, 0.05) is 18.9 Å². The maximum atomic E-state index is 11.4. The molecule has 6 nitrogen and oxygen atoms in total. The van der Waals surface area contributed by atoms with Crippen LogP contribution in [-0.4, -0.2) is 23.9 Å². The number of carboxylic acid groups (broad SMARTS) is 1. The molecule has 0 aromatic rings. The molecule has 7 heteroatoms. The molecule has 0 aromatic carbocycles. The molecule has 24 heavy (non-hydrogen) atoms. The quantitative estimate of drug-likeness (QED) is 0.186. The fourth-order valence-electron chi connectivity index (χ4n) is 2.20. The summed E-state index contributed by atoms with van der Waals surface area (Å²) in [6, 6.07) is -1.21. The maximum Gasteiger partial charge on any atom is 1.00 e. The van der Waals surface area contributed by atoms with Gasteiger partial charge in [0.2, 0.25) is 0 Å². The second-order valence-electron chi connectivity index (χ2n) is 5.89. The molecule has 2 N–H and O–H groups in total. The van der Waals surface area contributed by atoms with E-state index in [9.17, 15) is 19.5 Å². The van der Waals surface area contributed by atoms with E-state index in [0.717, 1.165) is 12.8 Å². The Hall–Kier alpha value is -0.833. The van der Waals surface area contributed by atoms with Gasteiger partial charge in [0.05, 0.1) is 5.97 Å². The van der Waals surface area contributed by atoms with Gasteiger partial charge in [0.1, 0.15) is 0 Å². The summed E-state index contributed by atoms with van der Waals surface area (Å²) >= 11 is 0. The van der Waals surface area contributed by atoms with E-state index < -0.39 is 23.9 Å². The Morgan fingerprint density at radius 1 is 0.875 bits per heavy atom. The van der Waals surface area contributed by atoms with Crippen LogP contribution in [0, 0.1) is 0 Å². The Balaban J connectivity index is 0. The van der Waals surface area contributed by atoms with Crippen molar-refractivity contribution in [2.24, 2.45) is 5.73 Å². The summed E-state index contributed by atoms with van der Waals surface area (Å²) in [7, 11) is 0. The average molecular weight is 335 g/mol. The molecule has 0 amide bonds. The van der Waals surface area contributed by atoms with E-state index in [-0.39, 0.29) is 38.1 Å². The number of carboxylic acids is 1. The van der Waals surface area contributed by atoms with Crippen molar-refractivity contribution in [1.29, 1.82) is 0 Å². The molecule has 0 aliphatic carbocycles. The molecule has 0 aliphatic rings. The minimum absolute atomic E-state index is 0. The molecule has 1 atom stereocenters. The number of aliphatic carboxylic acids is 1. The first-order valence-corrected chi connectivity index (χ1v) is 8.67. The van der Waals surface area contributed by atoms with Gasteiger partial charge in [-0.25, -0.2) is 0 Å². The maximum absolute atomic E-state index is 11.4. The zero-order chi connectivity index (χ0) is 17.5. The number of nitrogens with two attached hydrogens (primary N) is 1. The van der Waals surface area contributed by atoms with Crippen LogP contribution < -0.4 is 29.7 Å². The van der Waals surface area contributed by atoms with Crippen LogP contribution in [0.2, 0.25) is 0 Å². The number of carbonyl (C=O) groups is 3. The van der Waals surface area contributed by atoms with Gasteiger partial charge in [0.15, 0.2) is 0 Å². The summed E-state index contributed by atoms with van der Waals surface area (Å²) in [4.78, 5) is 33.1. The molecule has 0 spiro atoms. The Labute approximate surface area is 157 Å². The summed E-state index contributed by atoms with van der Waals surface area (Å²) in [5.41, 5.74) is 5.21. The third-order valence-electron chi connectivity index (χ3n) is 3.67. The second kappa shape index (κ2) is 17.0. The number of hydrogen-bond donors (Lipinski definition) is 1. The summed E-state index contributed by atoms with van der Waals surface area (Å²) in [5.74, 6) is -2.71. The van der Waals surface area contributed by atoms with Crippen LogP contribution in [0.15, 0.2) is 0 Å². The van der Waals surface area contributed by atoms with Gasteiger partial charge in [-0.2, -0.15) is 0 Å². The van der Waals surface area contributed by atoms with Crippen LogP contribution >= 0.6 is 0 Å². The fraction of sp³-hybridized carbons (Fsp3) is 0.824. The summed E-state index contributed by atoms with van der Waals surface area (Å²) in [6.07, 6.45) is 10.2. The molecule has 0 bridgehead atoms. The minimum Gasteiger partial charge on any atom is -0.548 e. The van der Waals surface area contributed by atoms with E-state index in [4.69, 9.17) is 5.73 Å². The van der Waals surface area contributed by atoms with Crippen LogP contribution in [0.1, 0.15) is 84.0 Å². The van der Waals surface area contributed by atoms with Crippen molar-refractivity contribution in [2.45, 2.75) is 90.0 Å². The number of carbonyl (C=O) groups excluding carboxylic acids is 3. The number of ether oxygens (including phenoxy) is 1. The number of rotatable bonds is 14. The topological polar surface area (TPSA) is 110 Å². The van der Waals surface area contributed by atoms with Crippen molar-refractivity contribution >= 4 is 17.9 Å². The molecular formula is C17H30LiNO5. The molecule has 0 heterocycles. The van der Waals surface area contributed by atoms with Crippen molar-refractivity contribution in [3.63, 3.8) is 0 Å². The van der Waals surface area contributed by atoms with Gasteiger partial charge in [-0.15, -0.1) is 0 Å². The van der Waals surface area contributed by atoms with Crippen LogP contribution in [-0.2, 0) is 19.1 Å². The van der Waals surface area contributed by atoms with Crippen molar-refractivity contribution in [1.82, 2.24) is 0 Å². The molecule has 134 valence electrons. The molecular weight excluding hydrogens is 305 g/mol. The molecule has 0 aliphatic heterocycles. The van der Waals surface area contributed by atoms with E-state index in [0.29, 0.717) is 6.42 Å². The Morgan fingerprint density at radius 3 is 1.83 bits per heavy atom. The SMILES string of the molecule is CCCCCCCCCCCC(=O)OC(=O)CC[C@H](N)C(=O)[O-].[Li+]. The van der Waals surface area contributed by atoms with E-state index in [1.807, 2.05) is 0 Å². The smallest absolute Gasteiger partial charge is 0.548 e. The van der Waals surface area contributed by atoms with Crippen molar-refractivity contribution in [3.8, 4) is 0 Å². The van der Waals surface area contributed by atoms with Crippen molar-refractivity contribution in [2.75, 3.05) is 0 Å². The Bertz CT molecular complexity index is 363. The van der Waals surface area contributed by atoms with Gasteiger partial charge in [0.25, 0.3) is 0 Å². The second-order valence-corrected chi connectivity index (χ2v) is 5.89. The summed E-state index contributed by atoms with van der Waals surface area (Å²) < 4.78 is 4.61. The zero-order valence-electron chi connectivity index (χ0n) is 15.2. The van der Waals surface area contributed by atoms with Gasteiger partial charge < -0.3 is 20.4 Å². The molecule has 0 saturated carbocycles. The summed E-state index contributed by atoms with van der Waals surface area (Å²) in [5, 5.41) is 10.4. The van der Waals surface area contributed by atoms with E-state index in [2.05, 4.69) is 11.7 Å². The Kier molecular flexibility index (Phi) is 18.0. The Morgan fingerprint density at radius 2 is 1.33 bits per heavy atom. The first kappa shape index (κ1) is 25.4. The van der Waals surface area contributed by atoms with Crippen LogP contribution in [0.5, 0.6) is 0 Å². The molecule has 0 unspecified atom stereocenters. The fourth-order valence-corrected chi connectivity index (χ4v) is 2.20. The van der Waals surface area contributed by atoms with Gasteiger partial charge in [-0.05, 0) is 12.8 Å². The molecule has 0 fully saturated rings. The predicted octanol–water partition coefficient (Wildman–Crippen LogP) is -1.16. The number of unbranched alkanes of at least 4 members (excludes halogenated alkanes) is 8. The van der Waals surface area contributed by atoms with Crippen LogP contribution in [0.25, 0.3) is 0 Å². The van der Waals surface area contributed by atoms with Crippen molar-refractivity contribution in [3.05, 3.63) is 0 Å². The average Bonchev–Trinajstić information content (AvgIpc) is 2.50. The van der Waals surface area contributed by atoms with E-state index in [1.54, 1.807) is 0 Å². The van der Waals surface area contributed by atoms with Gasteiger partial charge >= 0.3 is 30.8 Å².